The molecule has 2 aliphatic carbocycles. The number of carbonyl (C=O) groups is 2. The Morgan fingerprint density at radius 2 is 2.05 bits per heavy atom. The van der Waals surface area contributed by atoms with Crippen LogP contribution in [0.1, 0.15) is 25.7 Å². The van der Waals surface area contributed by atoms with Gasteiger partial charge in [0, 0.05) is 18.0 Å². The number of pyridine rings is 1. The van der Waals surface area contributed by atoms with Crippen molar-refractivity contribution in [2.45, 2.75) is 25.7 Å². The zero-order valence-corrected chi connectivity index (χ0v) is 11.9. The van der Waals surface area contributed by atoms with Gasteiger partial charge in [-0.3, -0.25) is 10.1 Å². The molecule has 3 rings (SSSR count). The van der Waals surface area contributed by atoms with Crippen LogP contribution in [0.25, 0.3) is 0 Å². The van der Waals surface area contributed by atoms with Crippen molar-refractivity contribution in [2.75, 3.05) is 5.32 Å². The van der Waals surface area contributed by atoms with E-state index < -0.39 is 6.03 Å². The lowest BCUT2D eigenvalue weighted by Crippen LogP contribution is -2.21. The second-order valence-electron chi connectivity index (χ2n) is 5.44. The molecular weight excluding hydrogens is 284 g/mol. The Kier molecular flexibility index (Phi) is 3.95. The summed E-state index contributed by atoms with van der Waals surface area (Å²) in [6, 6.07) is 4.32. The van der Waals surface area contributed by atoms with E-state index in [0.29, 0.717) is 5.82 Å². The number of fused-ring (bicyclic) bond motifs is 1. The number of allylic oxidation sites excluding steroid dienone is 2. The number of amides is 2. The van der Waals surface area contributed by atoms with E-state index in [4.69, 9.17) is 0 Å². The molecule has 2 amide bonds. The number of hydrogen-bond acceptors (Lipinski definition) is 5. The Morgan fingerprint density at radius 1 is 1.27 bits per heavy atom. The molecule has 7 nitrogen and oxygen atoms in total. The van der Waals surface area contributed by atoms with Crippen LogP contribution in [0.15, 0.2) is 46.1 Å². The van der Waals surface area contributed by atoms with Crippen molar-refractivity contribution in [3.05, 3.63) is 35.9 Å². The van der Waals surface area contributed by atoms with E-state index in [9.17, 15) is 14.7 Å². The van der Waals surface area contributed by atoms with Crippen molar-refractivity contribution in [3.63, 3.8) is 0 Å². The van der Waals surface area contributed by atoms with E-state index in [-0.39, 0.29) is 29.1 Å². The maximum Gasteiger partial charge on any atom is 0.365 e. The number of carbonyl (C=O) groups excluding carboxylic acids is 2. The molecule has 1 fully saturated rings. The summed E-state index contributed by atoms with van der Waals surface area (Å²) < 4.78 is 0. The highest BCUT2D eigenvalue weighted by Crippen LogP contribution is 2.42. The van der Waals surface area contributed by atoms with Crippen molar-refractivity contribution in [2.24, 2.45) is 22.1 Å². The van der Waals surface area contributed by atoms with Gasteiger partial charge in [-0.25, -0.2) is 9.78 Å². The first-order valence-electron chi connectivity index (χ1n) is 7.28. The second-order valence-corrected chi connectivity index (χ2v) is 5.44. The quantitative estimate of drug-likeness (QED) is 0.818. The predicted octanol–water partition coefficient (Wildman–Crippen LogP) is 3.22. The summed E-state index contributed by atoms with van der Waals surface area (Å²) in [4.78, 5) is 27.8. The van der Waals surface area contributed by atoms with Crippen LogP contribution < -0.4 is 5.32 Å². The topological polar surface area (TPSA) is 104 Å². The van der Waals surface area contributed by atoms with Gasteiger partial charge in [-0.1, -0.05) is 24.0 Å². The van der Waals surface area contributed by atoms with Gasteiger partial charge in [0.25, 0.3) is 0 Å². The summed E-state index contributed by atoms with van der Waals surface area (Å²) in [6.07, 6.45) is 5.04. The van der Waals surface area contributed by atoms with Crippen LogP contribution in [0.5, 0.6) is 0 Å². The number of hydrogen-bond donors (Lipinski definition) is 2. The highest BCUT2D eigenvalue weighted by molar-refractivity contribution is 6.00. The van der Waals surface area contributed by atoms with Crippen molar-refractivity contribution in [1.82, 2.24) is 4.98 Å². The Balaban J connectivity index is 1.70. The summed E-state index contributed by atoms with van der Waals surface area (Å²) in [5, 5.41) is 19.7. The van der Waals surface area contributed by atoms with Gasteiger partial charge in [0.05, 0.1) is 0 Å². The molecule has 0 aromatic carbocycles. The van der Waals surface area contributed by atoms with Gasteiger partial charge in [0.15, 0.2) is 11.5 Å². The molecule has 1 aromatic heterocycles. The first kappa shape index (κ1) is 14.4. The lowest BCUT2D eigenvalue weighted by atomic mass is 9.80. The van der Waals surface area contributed by atoms with Crippen molar-refractivity contribution in [3.8, 4) is 0 Å². The monoisotopic (exact) mass is 300 g/mol. The minimum atomic E-state index is -0.735. The molecule has 1 heterocycles. The van der Waals surface area contributed by atoms with Crippen LogP contribution in [0.3, 0.4) is 0 Å². The van der Waals surface area contributed by atoms with E-state index in [1.54, 1.807) is 18.2 Å². The number of azo groups is 1. The lowest BCUT2D eigenvalue weighted by Gasteiger charge is -2.23. The maximum absolute atomic E-state index is 12.2. The normalized spacial score (nSPS) is 24.6. The third kappa shape index (κ3) is 2.74. The molecule has 22 heavy (non-hydrogen) atoms. The number of Topliss-reactive ketones (excluding diaryl/α,β-unsaturated/α-hetero) is 1. The van der Waals surface area contributed by atoms with Crippen LogP contribution >= 0.6 is 0 Å². The summed E-state index contributed by atoms with van der Waals surface area (Å²) in [5.74, 6) is -0.257. The van der Waals surface area contributed by atoms with E-state index in [1.807, 2.05) is 0 Å². The second kappa shape index (κ2) is 6.05. The third-order valence-electron chi connectivity index (χ3n) is 4.07. The van der Waals surface area contributed by atoms with Crippen LogP contribution in [-0.4, -0.2) is 21.9 Å². The first-order valence-corrected chi connectivity index (χ1v) is 7.28. The maximum atomic E-state index is 12.2. The summed E-state index contributed by atoms with van der Waals surface area (Å²) in [6.45, 7) is 0. The molecule has 0 aliphatic heterocycles. The molecule has 0 radical (unpaired) electrons. The predicted molar refractivity (Wildman–Crippen MR) is 78.2 cm³/mol. The number of aliphatic hydroxyl groups is 1. The fourth-order valence-electron chi connectivity index (χ4n) is 3.02. The van der Waals surface area contributed by atoms with Gasteiger partial charge in [0.1, 0.15) is 11.6 Å². The van der Waals surface area contributed by atoms with Gasteiger partial charge in [-0.15, -0.1) is 5.11 Å². The van der Waals surface area contributed by atoms with Gasteiger partial charge < -0.3 is 5.11 Å². The van der Waals surface area contributed by atoms with Crippen LogP contribution in [-0.2, 0) is 4.79 Å². The molecule has 0 saturated heterocycles. The van der Waals surface area contributed by atoms with Crippen LogP contribution in [0.2, 0.25) is 0 Å². The largest absolute Gasteiger partial charge is 0.510 e. The van der Waals surface area contributed by atoms with Gasteiger partial charge in [0.2, 0.25) is 0 Å². The Bertz CT molecular complexity index is 654. The standard InChI is InChI=1S/C15H16N4O3/c20-13-9-5-1-2-6-10(9)14(21)12(13)18-19-15(22)17-11-7-3-4-8-16-11/h3-4,7-10,20H,1-2,5-6H2,(H,16,17,22). The Morgan fingerprint density at radius 3 is 2.73 bits per heavy atom. The number of nitrogens with one attached hydrogen (secondary N) is 1. The highest BCUT2D eigenvalue weighted by Gasteiger charge is 2.43. The minimum absolute atomic E-state index is 0.0240. The molecule has 0 spiro atoms. The molecule has 1 saturated carbocycles. The number of nitrogens with zero attached hydrogens (tertiary/aromatic N) is 3. The Hall–Kier alpha value is -2.57. The fraction of sp³-hybridized carbons (Fsp3) is 0.400. The van der Waals surface area contributed by atoms with E-state index in [1.165, 1.54) is 6.20 Å². The molecule has 2 unspecified atom stereocenters. The number of rotatable bonds is 2. The Labute approximate surface area is 127 Å². The average Bonchev–Trinajstić information content (AvgIpc) is 2.78. The first-order chi connectivity index (χ1) is 10.7. The molecule has 2 aliphatic rings. The van der Waals surface area contributed by atoms with E-state index in [2.05, 4.69) is 20.5 Å². The van der Waals surface area contributed by atoms with Crippen molar-refractivity contribution >= 4 is 17.6 Å². The summed E-state index contributed by atoms with van der Waals surface area (Å²) >= 11 is 0. The van der Waals surface area contributed by atoms with Crippen LogP contribution in [0.4, 0.5) is 10.6 Å². The number of urea groups is 1. The number of aromatic nitrogens is 1. The van der Waals surface area contributed by atoms with Crippen molar-refractivity contribution < 1.29 is 14.7 Å². The zero-order valence-electron chi connectivity index (χ0n) is 11.9. The van der Waals surface area contributed by atoms with Crippen LogP contribution in [0, 0.1) is 11.8 Å². The molecule has 1 aromatic rings. The lowest BCUT2D eigenvalue weighted by molar-refractivity contribution is -0.120. The SMILES string of the molecule is O=C(N=NC1=C(O)C2CCCCC2C1=O)Nc1ccccn1. The molecule has 0 bridgehead atoms. The molecule has 114 valence electrons. The third-order valence-corrected chi connectivity index (χ3v) is 4.07. The fourth-order valence-corrected chi connectivity index (χ4v) is 3.02. The van der Waals surface area contributed by atoms with Crippen molar-refractivity contribution in [1.29, 1.82) is 0 Å². The number of ketones is 1. The molecule has 7 heteroatoms. The van der Waals surface area contributed by atoms with E-state index >= 15 is 0 Å². The molecular formula is C15H16N4O3. The highest BCUT2D eigenvalue weighted by atomic mass is 16.3. The van der Waals surface area contributed by atoms with Gasteiger partial charge in [-0.05, 0) is 25.0 Å². The van der Waals surface area contributed by atoms with E-state index in [0.717, 1.165) is 25.7 Å². The molecule has 2 atom stereocenters. The van der Waals surface area contributed by atoms with Gasteiger partial charge in [-0.2, -0.15) is 0 Å². The number of aliphatic hydroxyl groups excluding tert-OH is 1. The zero-order chi connectivity index (χ0) is 15.5. The summed E-state index contributed by atoms with van der Waals surface area (Å²) in [7, 11) is 0. The minimum Gasteiger partial charge on any atom is -0.510 e. The smallest absolute Gasteiger partial charge is 0.365 e. The summed E-state index contributed by atoms with van der Waals surface area (Å²) in [5.41, 5.74) is -0.0759. The average molecular weight is 300 g/mol. The number of anilines is 1. The molecule has 2 N–H and O–H groups in total. The van der Waals surface area contributed by atoms with Gasteiger partial charge >= 0.3 is 6.03 Å².